The number of amides is 3. The maximum Gasteiger partial charge on any atom is 0.320 e. The van der Waals surface area contributed by atoms with E-state index < -0.39 is 5.91 Å². The highest BCUT2D eigenvalue weighted by Crippen LogP contribution is 2.36. The van der Waals surface area contributed by atoms with Gasteiger partial charge in [0.15, 0.2) is 0 Å². The van der Waals surface area contributed by atoms with Crippen molar-refractivity contribution in [3.8, 4) is 0 Å². The number of carbonyl (C=O) groups is 2. The van der Waals surface area contributed by atoms with E-state index in [1.807, 2.05) is 0 Å². The summed E-state index contributed by atoms with van der Waals surface area (Å²) in [5, 5.41) is 6.36. The van der Waals surface area contributed by atoms with Gasteiger partial charge in [-0.05, 0) is 43.6 Å². The highest BCUT2D eigenvalue weighted by atomic mass is 32.1. The lowest BCUT2D eigenvalue weighted by Gasteiger charge is -2.26. The summed E-state index contributed by atoms with van der Waals surface area (Å²) < 4.78 is 5.41. The minimum atomic E-state index is -0.494. The first-order chi connectivity index (χ1) is 11.0. The van der Waals surface area contributed by atoms with Crippen LogP contribution in [-0.2, 0) is 17.8 Å². The van der Waals surface area contributed by atoms with E-state index in [2.05, 4.69) is 17.6 Å². The molecule has 6 nitrogen and oxygen atoms in total. The van der Waals surface area contributed by atoms with E-state index in [4.69, 9.17) is 10.5 Å². The van der Waals surface area contributed by atoms with Crippen LogP contribution in [0.3, 0.4) is 0 Å². The Balaban J connectivity index is 1.68. The lowest BCUT2D eigenvalue weighted by molar-refractivity contribution is 0.0991. The van der Waals surface area contributed by atoms with Crippen LogP contribution in [0.1, 0.15) is 53.4 Å². The summed E-state index contributed by atoms with van der Waals surface area (Å²) in [6, 6.07) is -0.0484. The van der Waals surface area contributed by atoms with E-state index >= 15 is 0 Å². The maximum atomic E-state index is 12.3. The third-order valence-electron chi connectivity index (χ3n) is 4.64. The number of carbonyl (C=O) groups excluding carboxylic acids is 2. The molecule has 2 aliphatic rings. The van der Waals surface area contributed by atoms with Crippen molar-refractivity contribution in [1.29, 1.82) is 0 Å². The zero-order chi connectivity index (χ0) is 16.4. The zero-order valence-electron chi connectivity index (χ0n) is 13.3. The van der Waals surface area contributed by atoms with Crippen molar-refractivity contribution in [2.45, 2.75) is 51.7 Å². The molecule has 0 radical (unpaired) electrons. The molecule has 126 valence electrons. The number of hydrogen-bond donors (Lipinski definition) is 3. The fourth-order valence-electron chi connectivity index (χ4n) is 3.31. The van der Waals surface area contributed by atoms with E-state index in [9.17, 15) is 9.59 Å². The van der Waals surface area contributed by atoms with Gasteiger partial charge in [0.25, 0.3) is 5.91 Å². The number of nitrogens with two attached hydrogens (primary N) is 1. The summed E-state index contributed by atoms with van der Waals surface area (Å²) in [4.78, 5) is 25.0. The molecule has 4 N–H and O–H groups in total. The fourth-order valence-corrected chi connectivity index (χ4v) is 4.50. The molecule has 0 saturated heterocycles. The van der Waals surface area contributed by atoms with E-state index in [1.165, 1.54) is 11.3 Å². The molecular weight excluding hydrogens is 314 g/mol. The van der Waals surface area contributed by atoms with Crippen LogP contribution in [0.15, 0.2) is 0 Å². The summed E-state index contributed by atoms with van der Waals surface area (Å²) in [6.07, 6.45) is 4.95. The van der Waals surface area contributed by atoms with Crippen LogP contribution in [0, 0.1) is 5.92 Å². The third kappa shape index (κ3) is 3.67. The van der Waals surface area contributed by atoms with E-state index in [0.29, 0.717) is 30.2 Å². The first-order valence-corrected chi connectivity index (χ1v) is 8.96. The van der Waals surface area contributed by atoms with E-state index in [1.54, 1.807) is 0 Å². The van der Waals surface area contributed by atoms with Gasteiger partial charge in [-0.15, -0.1) is 11.3 Å². The van der Waals surface area contributed by atoms with Crippen molar-refractivity contribution >= 4 is 28.3 Å². The molecule has 0 bridgehead atoms. The van der Waals surface area contributed by atoms with Crippen molar-refractivity contribution in [2.24, 2.45) is 11.7 Å². The van der Waals surface area contributed by atoms with Crippen molar-refractivity contribution < 1.29 is 14.3 Å². The number of urea groups is 1. The number of ether oxygens (including phenoxy) is 1. The van der Waals surface area contributed by atoms with Crippen molar-refractivity contribution in [2.75, 3.05) is 11.9 Å². The molecule has 1 aliphatic carbocycles. The van der Waals surface area contributed by atoms with Crippen LogP contribution in [0.2, 0.25) is 0 Å². The average molecular weight is 337 g/mol. The molecule has 0 atom stereocenters. The second-order valence-electron chi connectivity index (χ2n) is 6.43. The lowest BCUT2D eigenvalue weighted by atomic mass is 9.87. The molecule has 1 aromatic rings. The van der Waals surface area contributed by atoms with Crippen molar-refractivity contribution in [1.82, 2.24) is 5.32 Å². The molecule has 0 unspecified atom stereocenters. The molecule has 0 spiro atoms. The summed E-state index contributed by atoms with van der Waals surface area (Å²) in [5.41, 5.74) is 6.89. The standard InChI is InChI=1S/C16H23N3O3S/c1-9-2-4-10(5-3-9)18-16(21)19-15-13(14(17)20)11-6-7-22-8-12(11)23-15/h9-10H,2-8H2,1H3,(H2,17,20)(H2,18,19,21). The third-order valence-corrected chi connectivity index (χ3v) is 5.77. The number of rotatable bonds is 3. The Labute approximate surface area is 139 Å². The number of nitrogens with one attached hydrogen (secondary N) is 2. The molecule has 0 aromatic carbocycles. The Morgan fingerprint density at radius 3 is 2.70 bits per heavy atom. The Kier molecular flexibility index (Phi) is 4.87. The summed E-state index contributed by atoms with van der Waals surface area (Å²) in [6.45, 7) is 3.30. The predicted octanol–water partition coefficient (Wildman–Crippen LogP) is 2.62. The van der Waals surface area contributed by atoms with Gasteiger partial charge in [-0.3, -0.25) is 10.1 Å². The molecule has 1 fully saturated rings. The lowest BCUT2D eigenvalue weighted by Crippen LogP contribution is -2.40. The largest absolute Gasteiger partial charge is 0.376 e. The predicted molar refractivity (Wildman–Crippen MR) is 89.8 cm³/mol. The average Bonchev–Trinajstić information content (AvgIpc) is 2.87. The number of anilines is 1. The van der Waals surface area contributed by atoms with Gasteiger partial charge >= 0.3 is 6.03 Å². The Hall–Kier alpha value is -1.60. The van der Waals surface area contributed by atoms with Crippen LogP contribution in [0.4, 0.5) is 9.80 Å². The topological polar surface area (TPSA) is 93.5 Å². The van der Waals surface area contributed by atoms with Crippen molar-refractivity contribution in [3.05, 3.63) is 16.0 Å². The molecule has 1 saturated carbocycles. The van der Waals surface area contributed by atoms with Gasteiger partial charge in [0.1, 0.15) is 5.00 Å². The van der Waals surface area contributed by atoms with Crippen LogP contribution in [0.25, 0.3) is 0 Å². The van der Waals surface area contributed by atoms with Crippen LogP contribution in [-0.4, -0.2) is 24.6 Å². The molecule has 1 aliphatic heterocycles. The minimum Gasteiger partial charge on any atom is -0.376 e. The van der Waals surface area contributed by atoms with Crippen LogP contribution in [0.5, 0.6) is 0 Å². The molecule has 7 heteroatoms. The Bertz CT molecular complexity index is 606. The molecule has 23 heavy (non-hydrogen) atoms. The number of hydrogen-bond acceptors (Lipinski definition) is 4. The quantitative estimate of drug-likeness (QED) is 0.791. The number of thiophene rings is 1. The minimum absolute atomic E-state index is 0.209. The van der Waals surface area contributed by atoms with E-state index in [-0.39, 0.29) is 12.1 Å². The fraction of sp³-hybridized carbons (Fsp3) is 0.625. The summed E-state index contributed by atoms with van der Waals surface area (Å²) in [5.74, 6) is 0.243. The van der Waals surface area contributed by atoms with Gasteiger partial charge in [0.05, 0.1) is 18.8 Å². The monoisotopic (exact) mass is 337 g/mol. The second-order valence-corrected chi connectivity index (χ2v) is 7.54. The number of fused-ring (bicyclic) bond motifs is 1. The summed E-state index contributed by atoms with van der Waals surface area (Å²) in [7, 11) is 0. The normalized spacial score (nSPS) is 23.9. The van der Waals surface area contributed by atoms with Gasteiger partial charge in [-0.1, -0.05) is 6.92 Å². The Morgan fingerprint density at radius 1 is 1.26 bits per heavy atom. The first-order valence-electron chi connectivity index (χ1n) is 8.14. The van der Waals surface area contributed by atoms with Gasteiger partial charge in [-0.25, -0.2) is 4.79 Å². The number of primary amides is 1. The highest BCUT2D eigenvalue weighted by Gasteiger charge is 2.26. The molecule has 1 aromatic heterocycles. The van der Waals surface area contributed by atoms with Gasteiger partial charge in [0, 0.05) is 10.9 Å². The van der Waals surface area contributed by atoms with Gasteiger partial charge in [0.2, 0.25) is 0 Å². The van der Waals surface area contributed by atoms with Crippen LogP contribution < -0.4 is 16.4 Å². The molecule has 3 amide bonds. The van der Waals surface area contributed by atoms with Crippen molar-refractivity contribution in [3.63, 3.8) is 0 Å². The van der Waals surface area contributed by atoms with Gasteiger partial charge < -0.3 is 15.8 Å². The second kappa shape index (κ2) is 6.88. The Morgan fingerprint density at radius 2 is 2.00 bits per heavy atom. The van der Waals surface area contributed by atoms with E-state index in [0.717, 1.165) is 42.0 Å². The zero-order valence-corrected chi connectivity index (χ0v) is 14.1. The maximum absolute atomic E-state index is 12.3. The molecule has 2 heterocycles. The smallest absolute Gasteiger partial charge is 0.320 e. The SMILES string of the molecule is CC1CCC(NC(=O)Nc2sc3c(c2C(N)=O)CCOC3)CC1. The molecular formula is C16H23N3O3S. The summed E-state index contributed by atoms with van der Waals surface area (Å²) >= 11 is 1.38. The van der Waals surface area contributed by atoms with Crippen LogP contribution >= 0.6 is 11.3 Å². The molecule has 3 rings (SSSR count). The highest BCUT2D eigenvalue weighted by molar-refractivity contribution is 7.17. The first kappa shape index (κ1) is 16.3. The van der Waals surface area contributed by atoms with Gasteiger partial charge in [-0.2, -0.15) is 0 Å².